The molecule has 1 aromatic rings. The Morgan fingerprint density at radius 3 is 2.08 bits per heavy atom. The van der Waals surface area contributed by atoms with Crippen molar-refractivity contribution in [2.45, 2.75) is 92.9 Å². The zero-order chi connectivity index (χ0) is 26.5. The van der Waals surface area contributed by atoms with E-state index < -0.39 is 0 Å². The Labute approximate surface area is 219 Å². The van der Waals surface area contributed by atoms with E-state index in [0.29, 0.717) is 17.5 Å². The molecule has 0 aromatic heterocycles. The molecule has 36 heavy (non-hydrogen) atoms. The lowest BCUT2D eigenvalue weighted by atomic mass is 9.95. The number of rotatable bonds is 15. The van der Waals surface area contributed by atoms with Gasteiger partial charge in [-0.05, 0) is 73.6 Å². The molecule has 2 atom stereocenters. The van der Waals surface area contributed by atoms with Crippen LogP contribution in [0.15, 0.2) is 47.1 Å². The number of nitrogens with one attached hydrogen (secondary N) is 1. The second-order valence-electron chi connectivity index (χ2n) is 10.2. The summed E-state index contributed by atoms with van der Waals surface area (Å²) in [5.41, 5.74) is 4.17. The van der Waals surface area contributed by atoms with Crippen LogP contribution in [-0.4, -0.2) is 30.5 Å². The van der Waals surface area contributed by atoms with Crippen LogP contribution in [-0.2, 0) is 9.59 Å². The third-order valence-corrected chi connectivity index (χ3v) is 7.11. The summed E-state index contributed by atoms with van der Waals surface area (Å²) in [6.07, 6.45) is 14.9. The van der Waals surface area contributed by atoms with E-state index in [-0.39, 0.29) is 17.4 Å². The van der Waals surface area contributed by atoms with E-state index in [1.807, 2.05) is 0 Å². The minimum Gasteiger partial charge on any atom is -0.371 e. The highest BCUT2D eigenvalue weighted by Crippen LogP contribution is 2.29. The largest absolute Gasteiger partial charge is 0.371 e. The van der Waals surface area contributed by atoms with E-state index in [0.717, 1.165) is 24.3 Å². The molecule has 2 unspecified atom stereocenters. The highest BCUT2D eigenvalue weighted by molar-refractivity contribution is 6.20. The number of amides is 1. The summed E-state index contributed by atoms with van der Waals surface area (Å²) in [5.74, 6) is 0.930. The Morgan fingerprint density at radius 1 is 0.972 bits per heavy atom. The molecule has 0 heterocycles. The predicted octanol–water partition coefficient (Wildman–Crippen LogP) is 7.47. The number of unbranched alkanes of at least 4 members (excludes halogenated alkanes) is 2. The van der Waals surface area contributed by atoms with Crippen LogP contribution in [0.3, 0.4) is 0 Å². The van der Waals surface area contributed by atoms with Gasteiger partial charge in [0.25, 0.3) is 0 Å². The predicted molar refractivity (Wildman–Crippen MR) is 153 cm³/mol. The molecule has 1 aliphatic rings. The second-order valence-corrected chi connectivity index (χ2v) is 10.2. The van der Waals surface area contributed by atoms with Crippen molar-refractivity contribution >= 4 is 28.8 Å². The molecule has 5 heteroatoms. The van der Waals surface area contributed by atoms with E-state index in [1.54, 1.807) is 12.2 Å². The Morgan fingerprint density at radius 2 is 1.58 bits per heavy atom. The van der Waals surface area contributed by atoms with Crippen molar-refractivity contribution in [3.63, 3.8) is 0 Å². The van der Waals surface area contributed by atoms with Crippen LogP contribution in [0.2, 0.25) is 0 Å². The monoisotopic (exact) mass is 493 g/mol. The smallest absolute Gasteiger partial charge is 0.221 e. The molecule has 0 saturated heterocycles. The molecule has 0 aliphatic heterocycles. The minimum absolute atomic E-state index is 0.214. The van der Waals surface area contributed by atoms with Crippen LogP contribution >= 0.6 is 0 Å². The fourth-order valence-corrected chi connectivity index (χ4v) is 4.72. The Bertz CT molecular complexity index is 943. The van der Waals surface area contributed by atoms with Crippen molar-refractivity contribution in [2.75, 3.05) is 18.0 Å². The lowest BCUT2D eigenvalue weighted by Crippen LogP contribution is -2.34. The zero-order valence-corrected chi connectivity index (χ0v) is 23.4. The quantitative estimate of drug-likeness (QED) is 0.258. The molecule has 1 aromatic carbocycles. The normalized spacial score (nSPS) is 16.1. The number of hydrogen-bond donors (Lipinski definition) is 1. The summed E-state index contributed by atoms with van der Waals surface area (Å²) >= 11 is 0. The van der Waals surface area contributed by atoms with Gasteiger partial charge < -0.3 is 10.2 Å². The molecule has 198 valence electrons. The van der Waals surface area contributed by atoms with Crippen LogP contribution in [0.25, 0.3) is 0 Å². The minimum atomic E-state index is -0.265. The average molecular weight is 494 g/mol. The summed E-state index contributed by atoms with van der Waals surface area (Å²) in [6, 6.07) is 6.54. The molecule has 0 bridgehead atoms. The van der Waals surface area contributed by atoms with Crippen LogP contribution in [0.4, 0.5) is 11.4 Å². The maximum atomic E-state index is 12.0. The lowest BCUT2D eigenvalue weighted by molar-refractivity contribution is -0.120. The van der Waals surface area contributed by atoms with E-state index >= 15 is 0 Å². The number of anilines is 1. The summed E-state index contributed by atoms with van der Waals surface area (Å²) in [6.45, 7) is 14.9. The first-order valence-corrected chi connectivity index (χ1v) is 14.0. The number of nitrogens with zero attached hydrogens (tertiary/aromatic N) is 2. The maximum Gasteiger partial charge on any atom is 0.221 e. The van der Waals surface area contributed by atoms with Gasteiger partial charge in [0.05, 0.1) is 17.1 Å². The molecule has 0 saturated carbocycles. The first kappa shape index (κ1) is 29.5. The highest BCUT2D eigenvalue weighted by Gasteiger charge is 2.19. The lowest BCUT2D eigenvalue weighted by Gasteiger charge is -2.33. The third-order valence-electron chi connectivity index (χ3n) is 7.11. The van der Waals surface area contributed by atoms with Crippen molar-refractivity contribution in [2.24, 2.45) is 16.8 Å². The van der Waals surface area contributed by atoms with E-state index in [9.17, 15) is 9.59 Å². The average Bonchev–Trinajstić information content (AvgIpc) is 2.86. The van der Waals surface area contributed by atoms with Gasteiger partial charge in [0.2, 0.25) is 11.7 Å². The topological polar surface area (TPSA) is 61.8 Å². The SMILES string of the molecule is CCCCC(CC)CN(CC(CC)CCCC)c1ccc(N=C2C=CC(=O)C(NC(C)=O)=C2)c(C)c1. The molecule has 1 amide bonds. The van der Waals surface area contributed by atoms with Crippen molar-refractivity contribution in [1.29, 1.82) is 0 Å². The maximum absolute atomic E-state index is 12.0. The number of aliphatic imine (C=N–C) groups is 1. The highest BCUT2D eigenvalue weighted by atomic mass is 16.2. The van der Waals surface area contributed by atoms with Gasteiger partial charge in [-0.1, -0.05) is 66.2 Å². The standard InChI is InChI=1S/C31H47N3O2/c1-7-11-13-25(9-3)21-34(22-26(10-4)14-12-8-2)28-16-17-29(23(5)19-28)33-27-15-18-31(36)30(20-27)32-24(6)35/h15-20,25-26H,7-14,21-22H2,1-6H3,(H,32,35). The van der Waals surface area contributed by atoms with Gasteiger partial charge in [0, 0.05) is 25.7 Å². The van der Waals surface area contributed by atoms with Crippen LogP contribution in [0, 0.1) is 18.8 Å². The number of carbonyl (C=O) groups excluding carboxylic acids is 2. The van der Waals surface area contributed by atoms with Crippen LogP contribution in [0.5, 0.6) is 0 Å². The molecule has 2 rings (SSSR count). The second kappa shape index (κ2) is 15.4. The molecule has 0 spiro atoms. The Hall–Kier alpha value is -2.69. The van der Waals surface area contributed by atoms with Gasteiger partial charge in [-0.15, -0.1) is 0 Å². The fourth-order valence-electron chi connectivity index (χ4n) is 4.72. The molecule has 0 fully saturated rings. The van der Waals surface area contributed by atoms with E-state index in [4.69, 9.17) is 4.99 Å². The van der Waals surface area contributed by atoms with Gasteiger partial charge in [-0.3, -0.25) is 9.59 Å². The summed E-state index contributed by atoms with van der Waals surface area (Å²) in [5, 5.41) is 2.60. The molecule has 5 nitrogen and oxygen atoms in total. The first-order chi connectivity index (χ1) is 17.3. The summed E-state index contributed by atoms with van der Waals surface area (Å²) < 4.78 is 0. The molecular weight excluding hydrogens is 446 g/mol. The number of aryl methyl sites for hydroxylation is 1. The number of benzene rings is 1. The molecular formula is C31H47N3O2. The Balaban J connectivity index is 2.31. The van der Waals surface area contributed by atoms with Crippen molar-refractivity contribution in [1.82, 2.24) is 5.32 Å². The molecule has 1 aliphatic carbocycles. The van der Waals surface area contributed by atoms with Gasteiger partial charge in [-0.25, -0.2) is 4.99 Å². The molecule has 0 radical (unpaired) electrons. The van der Waals surface area contributed by atoms with Gasteiger partial charge in [-0.2, -0.15) is 0 Å². The fraction of sp³-hybridized carbons (Fsp3) is 0.581. The summed E-state index contributed by atoms with van der Waals surface area (Å²) in [7, 11) is 0. The zero-order valence-electron chi connectivity index (χ0n) is 23.4. The first-order valence-electron chi connectivity index (χ1n) is 14.0. The van der Waals surface area contributed by atoms with Gasteiger partial charge >= 0.3 is 0 Å². The van der Waals surface area contributed by atoms with E-state index in [2.05, 4.69) is 63.0 Å². The van der Waals surface area contributed by atoms with E-state index in [1.165, 1.54) is 70.1 Å². The van der Waals surface area contributed by atoms with Gasteiger partial charge in [0.15, 0.2) is 0 Å². The van der Waals surface area contributed by atoms with Crippen molar-refractivity contribution < 1.29 is 9.59 Å². The number of carbonyl (C=O) groups is 2. The number of hydrogen-bond acceptors (Lipinski definition) is 4. The number of allylic oxidation sites excluding steroid dienone is 3. The van der Waals surface area contributed by atoms with Crippen molar-refractivity contribution in [3.05, 3.63) is 47.7 Å². The number of ketones is 1. The van der Waals surface area contributed by atoms with Crippen LogP contribution in [0.1, 0.15) is 91.5 Å². The molecule has 1 N–H and O–H groups in total. The Kier molecular flexibility index (Phi) is 12.7. The summed E-state index contributed by atoms with van der Waals surface area (Å²) in [4.78, 5) is 30.9. The van der Waals surface area contributed by atoms with Crippen LogP contribution < -0.4 is 10.2 Å². The van der Waals surface area contributed by atoms with Crippen molar-refractivity contribution in [3.8, 4) is 0 Å². The van der Waals surface area contributed by atoms with Gasteiger partial charge in [0.1, 0.15) is 0 Å². The third kappa shape index (κ3) is 9.40.